The summed E-state index contributed by atoms with van der Waals surface area (Å²) in [6, 6.07) is 6.92. The lowest BCUT2D eigenvalue weighted by Gasteiger charge is -2.10. The van der Waals surface area contributed by atoms with Crippen LogP contribution >= 0.6 is 23.2 Å². The van der Waals surface area contributed by atoms with Crippen LogP contribution in [0.4, 0.5) is 5.69 Å². The molecule has 0 radical (unpaired) electrons. The molecule has 0 aliphatic rings. The molecular formula is C12H10Cl2N2O. The molecule has 0 bridgehead atoms. The number of pyridine rings is 1. The summed E-state index contributed by atoms with van der Waals surface area (Å²) in [5.74, 6) is 0.524. The molecule has 2 aromatic rings. The summed E-state index contributed by atoms with van der Waals surface area (Å²) in [7, 11) is 0. The van der Waals surface area contributed by atoms with E-state index in [4.69, 9.17) is 33.7 Å². The summed E-state index contributed by atoms with van der Waals surface area (Å²) in [6.07, 6.45) is 3.41. The highest BCUT2D eigenvalue weighted by Crippen LogP contribution is 2.32. The van der Waals surface area contributed by atoms with Crippen LogP contribution in [0.15, 0.2) is 36.7 Å². The molecule has 0 aliphatic heterocycles. The lowest BCUT2D eigenvalue weighted by molar-refractivity contribution is 0.308. The summed E-state index contributed by atoms with van der Waals surface area (Å²) in [5.41, 5.74) is 7.25. The number of ether oxygens (including phenoxy) is 1. The van der Waals surface area contributed by atoms with E-state index < -0.39 is 0 Å². The Balaban J connectivity index is 2.12. The van der Waals surface area contributed by atoms with Crippen LogP contribution in [-0.2, 0) is 6.61 Å². The molecule has 5 heteroatoms. The van der Waals surface area contributed by atoms with E-state index in [1.807, 2.05) is 12.1 Å². The number of rotatable bonds is 3. The van der Waals surface area contributed by atoms with Crippen molar-refractivity contribution in [3.8, 4) is 5.75 Å². The lowest BCUT2D eigenvalue weighted by Crippen LogP contribution is -1.99. The number of hydrogen-bond acceptors (Lipinski definition) is 3. The largest absolute Gasteiger partial charge is 0.487 e. The molecule has 17 heavy (non-hydrogen) atoms. The number of aromatic nitrogens is 1. The van der Waals surface area contributed by atoms with Gasteiger partial charge in [-0.2, -0.15) is 0 Å². The first kappa shape index (κ1) is 12.0. The maximum atomic E-state index is 5.89. The van der Waals surface area contributed by atoms with Crippen LogP contribution in [0.25, 0.3) is 0 Å². The Morgan fingerprint density at radius 1 is 1.12 bits per heavy atom. The second-order valence-electron chi connectivity index (χ2n) is 3.45. The van der Waals surface area contributed by atoms with E-state index in [0.717, 1.165) is 5.56 Å². The first-order valence-electron chi connectivity index (χ1n) is 4.93. The summed E-state index contributed by atoms with van der Waals surface area (Å²) in [6.45, 7) is 0.407. The number of nitrogen functional groups attached to an aromatic ring is 1. The van der Waals surface area contributed by atoms with E-state index in [2.05, 4.69) is 4.98 Å². The molecule has 0 fully saturated rings. The van der Waals surface area contributed by atoms with Crippen molar-refractivity contribution >= 4 is 28.9 Å². The maximum Gasteiger partial charge on any atom is 0.144 e. The summed E-state index contributed by atoms with van der Waals surface area (Å²) < 4.78 is 5.56. The van der Waals surface area contributed by atoms with Crippen LogP contribution in [-0.4, -0.2) is 4.98 Å². The zero-order chi connectivity index (χ0) is 12.3. The second-order valence-corrected chi connectivity index (χ2v) is 4.26. The zero-order valence-electron chi connectivity index (χ0n) is 8.86. The van der Waals surface area contributed by atoms with Crippen molar-refractivity contribution in [3.05, 3.63) is 52.3 Å². The topological polar surface area (TPSA) is 48.1 Å². The summed E-state index contributed by atoms with van der Waals surface area (Å²) in [4.78, 5) is 3.92. The molecule has 3 nitrogen and oxygen atoms in total. The van der Waals surface area contributed by atoms with Gasteiger partial charge in [0.2, 0.25) is 0 Å². The normalized spacial score (nSPS) is 10.2. The molecule has 0 saturated heterocycles. The molecule has 0 saturated carbocycles. The fraction of sp³-hybridized carbons (Fsp3) is 0.0833. The van der Waals surface area contributed by atoms with Crippen LogP contribution in [0.3, 0.4) is 0 Å². The molecule has 1 heterocycles. The first-order chi connectivity index (χ1) is 8.16. The molecule has 0 spiro atoms. The third kappa shape index (κ3) is 3.02. The minimum atomic E-state index is 0.407. The number of halogens is 2. The fourth-order valence-corrected chi connectivity index (χ4v) is 1.63. The Hall–Kier alpha value is -1.45. The number of nitrogens with zero attached hydrogens (tertiary/aromatic N) is 1. The van der Waals surface area contributed by atoms with Gasteiger partial charge >= 0.3 is 0 Å². The first-order valence-corrected chi connectivity index (χ1v) is 5.68. The van der Waals surface area contributed by atoms with E-state index >= 15 is 0 Å². The van der Waals surface area contributed by atoms with Crippen LogP contribution in [0, 0.1) is 0 Å². The maximum absolute atomic E-state index is 5.89. The Morgan fingerprint density at radius 3 is 2.47 bits per heavy atom. The Kier molecular flexibility index (Phi) is 3.71. The smallest absolute Gasteiger partial charge is 0.144 e. The van der Waals surface area contributed by atoms with Gasteiger partial charge < -0.3 is 10.5 Å². The van der Waals surface area contributed by atoms with E-state index in [9.17, 15) is 0 Å². The van der Waals surface area contributed by atoms with E-state index in [-0.39, 0.29) is 0 Å². The zero-order valence-corrected chi connectivity index (χ0v) is 10.4. The average Bonchev–Trinajstić information content (AvgIpc) is 2.33. The van der Waals surface area contributed by atoms with Gasteiger partial charge in [0.15, 0.2) is 0 Å². The van der Waals surface area contributed by atoms with E-state index in [1.165, 1.54) is 0 Å². The molecule has 88 valence electrons. The van der Waals surface area contributed by atoms with Gasteiger partial charge in [0, 0.05) is 18.5 Å². The van der Waals surface area contributed by atoms with Gasteiger partial charge in [-0.3, -0.25) is 4.98 Å². The van der Waals surface area contributed by atoms with Crippen molar-refractivity contribution in [3.63, 3.8) is 0 Å². The quantitative estimate of drug-likeness (QED) is 0.867. The molecule has 1 aromatic carbocycles. The van der Waals surface area contributed by atoms with Gasteiger partial charge in [0.05, 0.1) is 15.7 Å². The number of anilines is 1. The van der Waals surface area contributed by atoms with Gasteiger partial charge in [-0.15, -0.1) is 0 Å². The molecule has 0 amide bonds. The molecule has 1 aromatic heterocycles. The van der Waals surface area contributed by atoms with Gasteiger partial charge in [-0.1, -0.05) is 23.2 Å². The lowest BCUT2D eigenvalue weighted by atomic mass is 10.3. The average molecular weight is 269 g/mol. The Bertz CT molecular complexity index is 517. The standard InChI is InChI=1S/C12H10Cl2N2O/c13-9-5-11(15)12(6-10(9)14)17-7-8-1-3-16-4-2-8/h1-6H,7,15H2. The van der Waals surface area contributed by atoms with Gasteiger partial charge in [-0.25, -0.2) is 0 Å². The highest BCUT2D eigenvalue weighted by atomic mass is 35.5. The summed E-state index contributed by atoms with van der Waals surface area (Å²) in [5, 5.41) is 0.839. The predicted molar refractivity (Wildman–Crippen MR) is 69.4 cm³/mol. The van der Waals surface area contributed by atoms with Crippen molar-refractivity contribution in [2.24, 2.45) is 0 Å². The minimum absolute atomic E-state index is 0.407. The minimum Gasteiger partial charge on any atom is -0.487 e. The van der Waals surface area contributed by atoms with Gasteiger partial charge in [0.1, 0.15) is 12.4 Å². The van der Waals surface area contributed by atoms with Crippen LogP contribution in [0.1, 0.15) is 5.56 Å². The van der Waals surface area contributed by atoms with Gasteiger partial charge in [-0.05, 0) is 23.8 Å². The van der Waals surface area contributed by atoms with Crippen molar-refractivity contribution in [1.82, 2.24) is 4.98 Å². The van der Waals surface area contributed by atoms with E-state index in [0.29, 0.717) is 28.1 Å². The third-order valence-electron chi connectivity index (χ3n) is 2.20. The third-order valence-corrected chi connectivity index (χ3v) is 2.92. The monoisotopic (exact) mass is 268 g/mol. The highest BCUT2D eigenvalue weighted by Gasteiger charge is 2.06. The van der Waals surface area contributed by atoms with Crippen LogP contribution in [0.5, 0.6) is 5.75 Å². The molecule has 2 N–H and O–H groups in total. The fourth-order valence-electron chi connectivity index (χ4n) is 1.31. The number of nitrogens with two attached hydrogens (primary N) is 1. The molecular weight excluding hydrogens is 259 g/mol. The summed E-state index contributed by atoms with van der Waals surface area (Å²) >= 11 is 11.7. The van der Waals surface area contributed by atoms with Crippen molar-refractivity contribution in [2.75, 3.05) is 5.73 Å². The molecule has 0 unspecified atom stereocenters. The van der Waals surface area contributed by atoms with E-state index in [1.54, 1.807) is 24.5 Å². The van der Waals surface area contributed by atoms with Crippen LogP contribution in [0.2, 0.25) is 10.0 Å². The molecule has 0 atom stereocenters. The second kappa shape index (κ2) is 5.25. The number of benzene rings is 1. The number of hydrogen-bond donors (Lipinski definition) is 1. The Labute approximate surface area is 109 Å². The van der Waals surface area contributed by atoms with Crippen molar-refractivity contribution in [1.29, 1.82) is 0 Å². The predicted octanol–water partition coefficient (Wildman–Crippen LogP) is 3.55. The molecule has 0 aliphatic carbocycles. The SMILES string of the molecule is Nc1cc(Cl)c(Cl)cc1OCc1ccncc1. The van der Waals surface area contributed by atoms with Crippen LogP contribution < -0.4 is 10.5 Å². The van der Waals surface area contributed by atoms with Crippen molar-refractivity contribution in [2.45, 2.75) is 6.61 Å². The van der Waals surface area contributed by atoms with Gasteiger partial charge in [0.25, 0.3) is 0 Å². The molecule has 2 rings (SSSR count). The Morgan fingerprint density at radius 2 is 1.76 bits per heavy atom. The van der Waals surface area contributed by atoms with Crippen molar-refractivity contribution < 1.29 is 4.74 Å². The highest BCUT2D eigenvalue weighted by molar-refractivity contribution is 6.42.